The van der Waals surface area contributed by atoms with Crippen molar-refractivity contribution in [3.63, 3.8) is 0 Å². The summed E-state index contributed by atoms with van der Waals surface area (Å²) in [7, 11) is 0. The molecule has 2 bridgehead atoms. The van der Waals surface area contributed by atoms with Crippen molar-refractivity contribution in [1.29, 1.82) is 0 Å². The van der Waals surface area contributed by atoms with Crippen molar-refractivity contribution in [2.75, 3.05) is 30.7 Å². The third kappa shape index (κ3) is 3.77. The number of nitrogens with two attached hydrogens (primary N) is 1. The van der Waals surface area contributed by atoms with Gasteiger partial charge in [0, 0.05) is 24.0 Å². The summed E-state index contributed by atoms with van der Waals surface area (Å²) in [6.45, 7) is 3.72. The molecule has 0 saturated carbocycles. The largest absolute Gasteiger partial charge is 0.457 e. The number of nitrogens with zero attached hydrogens (tertiary/aromatic N) is 1. The highest BCUT2D eigenvalue weighted by Crippen LogP contribution is 2.30. The average Bonchev–Trinajstić information content (AvgIpc) is 2.60. The first kappa shape index (κ1) is 16.9. The molecule has 5 rings (SSSR count). The van der Waals surface area contributed by atoms with Crippen LogP contribution in [0.2, 0.25) is 0 Å². The van der Waals surface area contributed by atoms with Gasteiger partial charge in [-0.3, -0.25) is 0 Å². The molecule has 1 unspecified atom stereocenters. The Hall–Kier alpha value is -1.91. The summed E-state index contributed by atoms with van der Waals surface area (Å²) in [5, 5.41) is 3.70. The molecule has 3 saturated heterocycles. The van der Waals surface area contributed by atoms with Crippen LogP contribution < -0.4 is 15.8 Å². The first-order chi connectivity index (χ1) is 11.3. The predicted octanol–water partition coefficient (Wildman–Crippen LogP) is 3.99. The lowest BCUT2D eigenvalue weighted by Gasteiger charge is -2.45. The summed E-state index contributed by atoms with van der Waals surface area (Å²) in [5.74, 6) is 2.47. The molecule has 3 fully saturated rings. The van der Waals surface area contributed by atoms with Crippen LogP contribution in [0.25, 0.3) is 0 Å². The topological polar surface area (TPSA) is 50.5 Å². The van der Waals surface area contributed by atoms with E-state index in [1.807, 2.05) is 36.4 Å². The second-order valence-corrected chi connectivity index (χ2v) is 6.58. The van der Waals surface area contributed by atoms with Crippen molar-refractivity contribution in [2.24, 2.45) is 5.92 Å². The lowest BCUT2D eigenvalue weighted by atomic mass is 9.84. The van der Waals surface area contributed by atoms with Crippen molar-refractivity contribution in [1.82, 2.24) is 4.90 Å². The smallest absolute Gasteiger partial charge is 0.127 e. The number of benzene rings is 2. The van der Waals surface area contributed by atoms with Crippen LogP contribution in [0, 0.1) is 5.92 Å². The molecule has 0 spiro atoms. The standard InChI is InChI=1S/C19H23N3O.ClH/c20-15-1-5-17(6-2-15)23-18-7-3-16(4-8-18)21-19-13-22-11-9-14(19)10-12-22;/h1-8,14,19,21H,9-13,20H2;1H. The van der Waals surface area contributed by atoms with E-state index in [0.29, 0.717) is 6.04 Å². The fraction of sp³-hybridized carbons (Fsp3) is 0.368. The van der Waals surface area contributed by atoms with Crippen molar-refractivity contribution >= 4 is 23.8 Å². The Balaban J connectivity index is 0.00000169. The van der Waals surface area contributed by atoms with E-state index in [1.165, 1.54) is 38.2 Å². The quantitative estimate of drug-likeness (QED) is 0.823. The molecule has 128 valence electrons. The van der Waals surface area contributed by atoms with Crippen molar-refractivity contribution in [3.8, 4) is 11.5 Å². The number of ether oxygens (including phenoxy) is 1. The molecule has 3 N–H and O–H groups in total. The lowest BCUT2D eigenvalue weighted by Crippen LogP contribution is -2.53. The maximum absolute atomic E-state index is 5.84. The van der Waals surface area contributed by atoms with Gasteiger partial charge in [0.1, 0.15) is 11.5 Å². The van der Waals surface area contributed by atoms with Gasteiger partial charge >= 0.3 is 0 Å². The van der Waals surface area contributed by atoms with Gasteiger partial charge in [-0.2, -0.15) is 0 Å². The van der Waals surface area contributed by atoms with E-state index in [1.54, 1.807) is 0 Å². The van der Waals surface area contributed by atoms with Crippen LogP contribution in [-0.4, -0.2) is 30.6 Å². The van der Waals surface area contributed by atoms with Crippen molar-refractivity contribution < 1.29 is 4.74 Å². The van der Waals surface area contributed by atoms with Gasteiger partial charge in [-0.25, -0.2) is 0 Å². The van der Waals surface area contributed by atoms with E-state index in [9.17, 15) is 0 Å². The maximum Gasteiger partial charge on any atom is 0.127 e. The minimum atomic E-state index is 0. The van der Waals surface area contributed by atoms with E-state index < -0.39 is 0 Å². The van der Waals surface area contributed by atoms with Gasteiger partial charge in [-0.05, 0) is 80.4 Å². The fourth-order valence-electron chi connectivity index (χ4n) is 3.63. The maximum atomic E-state index is 5.84. The highest BCUT2D eigenvalue weighted by Gasteiger charge is 2.33. The average molecular weight is 346 g/mol. The first-order valence-corrected chi connectivity index (χ1v) is 8.39. The number of rotatable bonds is 4. The molecule has 2 aromatic rings. The van der Waals surface area contributed by atoms with Crippen LogP contribution in [0.4, 0.5) is 11.4 Å². The third-order valence-electron chi connectivity index (χ3n) is 4.98. The summed E-state index contributed by atoms with van der Waals surface area (Å²) in [6, 6.07) is 16.3. The number of nitrogen functional groups attached to an aromatic ring is 1. The molecule has 3 aliphatic heterocycles. The number of anilines is 2. The number of fused-ring (bicyclic) bond motifs is 3. The Labute approximate surface area is 149 Å². The number of halogens is 1. The number of piperidine rings is 3. The van der Waals surface area contributed by atoms with E-state index >= 15 is 0 Å². The Morgan fingerprint density at radius 2 is 1.50 bits per heavy atom. The second kappa shape index (κ2) is 7.32. The third-order valence-corrected chi connectivity index (χ3v) is 4.98. The summed E-state index contributed by atoms with van der Waals surface area (Å²) in [6.07, 6.45) is 2.66. The van der Waals surface area contributed by atoms with E-state index in [4.69, 9.17) is 10.5 Å². The van der Waals surface area contributed by atoms with E-state index in [0.717, 1.165) is 23.1 Å². The predicted molar refractivity (Wildman–Crippen MR) is 101 cm³/mol. The molecule has 3 aliphatic rings. The Morgan fingerprint density at radius 3 is 2.04 bits per heavy atom. The zero-order valence-corrected chi connectivity index (χ0v) is 14.5. The minimum absolute atomic E-state index is 0. The molecule has 4 nitrogen and oxygen atoms in total. The van der Waals surface area contributed by atoms with Gasteiger partial charge in [-0.1, -0.05) is 0 Å². The molecule has 0 radical (unpaired) electrons. The van der Waals surface area contributed by atoms with Gasteiger partial charge < -0.3 is 20.7 Å². The van der Waals surface area contributed by atoms with Gasteiger partial charge in [0.2, 0.25) is 0 Å². The Kier molecular flexibility index (Phi) is 5.17. The molecule has 3 heterocycles. The molecular weight excluding hydrogens is 322 g/mol. The summed E-state index contributed by atoms with van der Waals surface area (Å²) in [4.78, 5) is 2.57. The monoisotopic (exact) mass is 345 g/mol. The van der Waals surface area contributed by atoms with Crippen LogP contribution in [0.15, 0.2) is 48.5 Å². The molecule has 0 amide bonds. The number of nitrogens with one attached hydrogen (secondary N) is 1. The Bertz CT molecular complexity index is 651. The molecule has 5 heteroatoms. The normalized spacial score (nSPS) is 24.9. The van der Waals surface area contributed by atoms with Gasteiger partial charge in [0.05, 0.1) is 0 Å². The fourth-order valence-corrected chi connectivity index (χ4v) is 3.63. The molecule has 0 aromatic heterocycles. The molecule has 0 aliphatic carbocycles. The molecule has 2 aromatic carbocycles. The zero-order chi connectivity index (χ0) is 15.6. The first-order valence-electron chi connectivity index (χ1n) is 8.39. The summed E-state index contributed by atoms with van der Waals surface area (Å²) in [5.41, 5.74) is 7.61. The van der Waals surface area contributed by atoms with Crippen molar-refractivity contribution in [3.05, 3.63) is 48.5 Å². The van der Waals surface area contributed by atoms with Gasteiger partial charge in [0.15, 0.2) is 0 Å². The second-order valence-electron chi connectivity index (χ2n) is 6.58. The van der Waals surface area contributed by atoms with Crippen LogP contribution in [0.5, 0.6) is 11.5 Å². The summed E-state index contributed by atoms with van der Waals surface area (Å²) >= 11 is 0. The van der Waals surface area contributed by atoms with Crippen LogP contribution in [0.1, 0.15) is 12.8 Å². The van der Waals surface area contributed by atoms with Crippen molar-refractivity contribution in [2.45, 2.75) is 18.9 Å². The molecular formula is C19H24ClN3O. The zero-order valence-electron chi connectivity index (χ0n) is 13.7. The number of hydrogen-bond acceptors (Lipinski definition) is 4. The Morgan fingerprint density at radius 1 is 0.917 bits per heavy atom. The van der Waals surface area contributed by atoms with Gasteiger partial charge in [-0.15, -0.1) is 12.4 Å². The van der Waals surface area contributed by atoms with Crippen LogP contribution in [-0.2, 0) is 0 Å². The summed E-state index contributed by atoms with van der Waals surface area (Å²) < 4.78 is 5.84. The SMILES string of the molecule is Cl.Nc1ccc(Oc2ccc(NC3CN4CCC3CC4)cc2)cc1. The van der Waals surface area contributed by atoms with E-state index in [-0.39, 0.29) is 12.4 Å². The van der Waals surface area contributed by atoms with Crippen LogP contribution in [0.3, 0.4) is 0 Å². The molecule has 24 heavy (non-hydrogen) atoms. The minimum Gasteiger partial charge on any atom is -0.457 e. The van der Waals surface area contributed by atoms with Crippen LogP contribution >= 0.6 is 12.4 Å². The number of hydrogen-bond donors (Lipinski definition) is 2. The van der Waals surface area contributed by atoms with Gasteiger partial charge in [0.25, 0.3) is 0 Å². The van der Waals surface area contributed by atoms with E-state index in [2.05, 4.69) is 22.3 Å². The highest BCUT2D eigenvalue weighted by molar-refractivity contribution is 5.85. The lowest BCUT2D eigenvalue weighted by molar-refractivity contribution is 0.0975. The highest BCUT2D eigenvalue weighted by atomic mass is 35.5. The molecule has 1 atom stereocenters.